The van der Waals surface area contributed by atoms with Crippen LogP contribution in [0.3, 0.4) is 0 Å². The summed E-state index contributed by atoms with van der Waals surface area (Å²) in [7, 11) is 5.29. The predicted molar refractivity (Wildman–Crippen MR) is 61.3 cm³/mol. The van der Waals surface area contributed by atoms with Crippen molar-refractivity contribution in [1.29, 1.82) is 0 Å². The molecule has 0 aromatic carbocycles. The summed E-state index contributed by atoms with van der Waals surface area (Å²) < 4.78 is 1.74. The van der Waals surface area contributed by atoms with Crippen molar-refractivity contribution in [2.75, 3.05) is 26.0 Å². The van der Waals surface area contributed by atoms with E-state index in [9.17, 15) is 4.79 Å². The first-order valence-electron chi connectivity index (χ1n) is 5.33. The molecule has 0 spiro atoms. The number of aryl methyl sites for hydroxylation is 1. The fraction of sp³-hybridized carbons (Fsp3) is 0.600. The molecule has 2 rings (SSSR count). The first-order chi connectivity index (χ1) is 7.59. The van der Waals surface area contributed by atoms with E-state index in [1.165, 1.54) is 4.90 Å². The zero-order valence-corrected chi connectivity index (χ0v) is 9.87. The minimum atomic E-state index is -0.128. The Kier molecular flexibility index (Phi) is 2.82. The summed E-state index contributed by atoms with van der Waals surface area (Å²) in [5, 5.41) is 10.6. The van der Waals surface area contributed by atoms with Gasteiger partial charge in [-0.3, -0.25) is 10.00 Å². The lowest BCUT2D eigenvalue weighted by molar-refractivity contribution is 0.230. The first kappa shape index (κ1) is 10.9. The molecule has 2 heterocycles. The average Bonchev–Trinajstić information content (AvgIpc) is 2.55. The largest absolute Gasteiger partial charge is 0.331 e. The highest BCUT2D eigenvalue weighted by molar-refractivity contribution is 5.89. The molecule has 2 N–H and O–H groups in total. The number of carbonyl (C=O) groups is 1. The normalized spacial score (nSPS) is 14.4. The minimum absolute atomic E-state index is 0.128. The number of nitrogens with one attached hydrogen (secondary N) is 2. The van der Waals surface area contributed by atoms with Crippen LogP contribution < -0.4 is 10.6 Å². The van der Waals surface area contributed by atoms with E-state index in [-0.39, 0.29) is 6.03 Å². The topological polar surface area (TPSA) is 62.2 Å². The number of hydrogen-bond acceptors (Lipinski definition) is 3. The lowest BCUT2D eigenvalue weighted by atomic mass is 10.1. The van der Waals surface area contributed by atoms with E-state index in [1.54, 1.807) is 18.8 Å². The van der Waals surface area contributed by atoms with Crippen molar-refractivity contribution in [3.05, 3.63) is 11.3 Å². The molecule has 1 aromatic rings. The van der Waals surface area contributed by atoms with Gasteiger partial charge in [0.2, 0.25) is 0 Å². The Morgan fingerprint density at radius 1 is 1.56 bits per heavy atom. The molecule has 0 atom stereocenters. The van der Waals surface area contributed by atoms with Crippen molar-refractivity contribution in [3.63, 3.8) is 0 Å². The standard InChI is InChI=1S/C10H17N5O/c1-14(2)10(16)12-9-7-6-11-5-4-8(7)13-15(9)3/h11H,4-6H2,1-3H3,(H,12,16). The molecule has 16 heavy (non-hydrogen) atoms. The van der Waals surface area contributed by atoms with Crippen molar-refractivity contribution in [1.82, 2.24) is 20.0 Å². The lowest BCUT2D eigenvalue weighted by Gasteiger charge is -2.15. The molecule has 0 bridgehead atoms. The second-order valence-corrected chi connectivity index (χ2v) is 4.15. The van der Waals surface area contributed by atoms with Gasteiger partial charge in [0, 0.05) is 46.2 Å². The van der Waals surface area contributed by atoms with E-state index >= 15 is 0 Å². The number of amides is 2. The van der Waals surface area contributed by atoms with Crippen LogP contribution in [-0.4, -0.2) is 41.4 Å². The Labute approximate surface area is 94.6 Å². The third kappa shape index (κ3) is 1.88. The van der Waals surface area contributed by atoms with Crippen LogP contribution in [0.15, 0.2) is 0 Å². The third-order valence-corrected chi connectivity index (χ3v) is 2.70. The minimum Gasteiger partial charge on any atom is -0.331 e. The van der Waals surface area contributed by atoms with E-state index < -0.39 is 0 Å². The molecule has 6 heteroatoms. The molecule has 6 nitrogen and oxygen atoms in total. The van der Waals surface area contributed by atoms with Crippen molar-refractivity contribution in [2.24, 2.45) is 7.05 Å². The summed E-state index contributed by atoms with van der Waals surface area (Å²) in [4.78, 5) is 13.1. The highest BCUT2D eigenvalue weighted by atomic mass is 16.2. The SMILES string of the molecule is CN(C)C(=O)Nc1c2c(nn1C)CCNC2. The van der Waals surface area contributed by atoms with Gasteiger partial charge in [-0.15, -0.1) is 0 Å². The summed E-state index contributed by atoms with van der Waals surface area (Å²) in [5.41, 5.74) is 2.18. The summed E-state index contributed by atoms with van der Waals surface area (Å²) in [6.45, 7) is 1.72. The van der Waals surface area contributed by atoms with Gasteiger partial charge in [-0.25, -0.2) is 4.79 Å². The molecule has 88 valence electrons. The van der Waals surface area contributed by atoms with Crippen LogP contribution in [0, 0.1) is 0 Å². The molecule has 1 aromatic heterocycles. The van der Waals surface area contributed by atoms with Gasteiger partial charge >= 0.3 is 6.03 Å². The fourth-order valence-corrected chi connectivity index (χ4v) is 1.80. The number of hydrogen-bond donors (Lipinski definition) is 2. The van der Waals surface area contributed by atoms with Gasteiger partial charge in [-0.05, 0) is 0 Å². The lowest BCUT2D eigenvalue weighted by Crippen LogP contribution is -2.29. The summed E-state index contributed by atoms with van der Waals surface area (Å²) >= 11 is 0. The number of aromatic nitrogens is 2. The molecular formula is C10H17N5O. The maximum atomic E-state index is 11.6. The van der Waals surface area contributed by atoms with Crippen LogP contribution in [0.1, 0.15) is 11.3 Å². The molecule has 0 aliphatic carbocycles. The molecule has 1 aliphatic rings. The average molecular weight is 223 g/mol. The van der Waals surface area contributed by atoms with E-state index in [1.807, 2.05) is 7.05 Å². The highest BCUT2D eigenvalue weighted by Gasteiger charge is 2.20. The van der Waals surface area contributed by atoms with Crippen LogP contribution >= 0.6 is 0 Å². The van der Waals surface area contributed by atoms with Gasteiger partial charge in [0.15, 0.2) is 0 Å². The Hall–Kier alpha value is -1.56. The molecule has 0 saturated carbocycles. The molecule has 0 saturated heterocycles. The van der Waals surface area contributed by atoms with Crippen LogP contribution in [0.5, 0.6) is 0 Å². The maximum Gasteiger partial charge on any atom is 0.322 e. The first-order valence-corrected chi connectivity index (χ1v) is 5.33. The van der Waals surface area contributed by atoms with E-state index in [4.69, 9.17) is 0 Å². The van der Waals surface area contributed by atoms with Gasteiger partial charge in [0.1, 0.15) is 5.82 Å². The van der Waals surface area contributed by atoms with Crippen molar-refractivity contribution >= 4 is 11.8 Å². The summed E-state index contributed by atoms with van der Waals surface area (Å²) in [5.74, 6) is 0.793. The monoisotopic (exact) mass is 223 g/mol. The quantitative estimate of drug-likeness (QED) is 0.713. The predicted octanol–water partition coefficient (Wildman–Crippen LogP) is 0.159. The van der Waals surface area contributed by atoms with Gasteiger partial charge in [-0.1, -0.05) is 0 Å². The number of fused-ring (bicyclic) bond motifs is 1. The van der Waals surface area contributed by atoms with Crippen LogP contribution in [0.4, 0.5) is 10.6 Å². The summed E-state index contributed by atoms with van der Waals surface area (Å²) in [6, 6.07) is -0.128. The number of carbonyl (C=O) groups excluding carboxylic acids is 1. The smallest absolute Gasteiger partial charge is 0.322 e. The van der Waals surface area contributed by atoms with Gasteiger partial charge in [-0.2, -0.15) is 5.10 Å². The molecular weight excluding hydrogens is 206 g/mol. The fourth-order valence-electron chi connectivity index (χ4n) is 1.80. The maximum absolute atomic E-state index is 11.6. The van der Waals surface area contributed by atoms with Gasteiger partial charge in [0.25, 0.3) is 0 Å². The molecule has 2 amide bonds. The van der Waals surface area contributed by atoms with E-state index in [0.29, 0.717) is 0 Å². The number of urea groups is 1. The third-order valence-electron chi connectivity index (χ3n) is 2.70. The second-order valence-electron chi connectivity index (χ2n) is 4.15. The van der Waals surface area contributed by atoms with Gasteiger partial charge in [0.05, 0.1) is 5.69 Å². The Balaban J connectivity index is 2.26. The van der Waals surface area contributed by atoms with E-state index in [0.717, 1.165) is 36.6 Å². The summed E-state index contributed by atoms with van der Waals surface area (Å²) in [6.07, 6.45) is 0.918. The Bertz CT molecular complexity index is 410. The zero-order valence-electron chi connectivity index (χ0n) is 9.87. The van der Waals surface area contributed by atoms with Crippen molar-refractivity contribution in [3.8, 4) is 0 Å². The molecule has 0 fully saturated rings. The van der Waals surface area contributed by atoms with Gasteiger partial charge < -0.3 is 10.2 Å². The van der Waals surface area contributed by atoms with Crippen molar-refractivity contribution in [2.45, 2.75) is 13.0 Å². The second kappa shape index (κ2) is 4.13. The number of rotatable bonds is 1. The van der Waals surface area contributed by atoms with Crippen LogP contribution in [-0.2, 0) is 20.0 Å². The highest BCUT2D eigenvalue weighted by Crippen LogP contribution is 2.22. The number of anilines is 1. The molecule has 0 radical (unpaired) electrons. The molecule has 1 aliphatic heterocycles. The number of nitrogens with zero attached hydrogens (tertiary/aromatic N) is 3. The van der Waals surface area contributed by atoms with Crippen LogP contribution in [0.2, 0.25) is 0 Å². The van der Waals surface area contributed by atoms with Crippen molar-refractivity contribution < 1.29 is 4.79 Å². The van der Waals surface area contributed by atoms with E-state index in [2.05, 4.69) is 15.7 Å². The zero-order chi connectivity index (χ0) is 11.7. The Morgan fingerprint density at radius 3 is 3.00 bits per heavy atom. The Morgan fingerprint density at radius 2 is 2.31 bits per heavy atom. The molecule has 0 unspecified atom stereocenters. The van der Waals surface area contributed by atoms with Crippen LogP contribution in [0.25, 0.3) is 0 Å².